The number of aryl methyl sites for hydroxylation is 2. The van der Waals surface area contributed by atoms with Crippen molar-refractivity contribution in [2.24, 2.45) is 7.05 Å². The van der Waals surface area contributed by atoms with Crippen molar-refractivity contribution < 1.29 is 8.98 Å². The zero-order valence-corrected chi connectivity index (χ0v) is 21.7. The summed E-state index contributed by atoms with van der Waals surface area (Å²) in [6.45, 7) is 2.14. The van der Waals surface area contributed by atoms with Crippen LogP contribution in [-0.4, -0.2) is 13.3 Å². The van der Waals surface area contributed by atoms with Crippen LogP contribution in [0.5, 0.6) is 0 Å². The van der Waals surface area contributed by atoms with Crippen LogP contribution in [0, 0.1) is 18.3 Å². The number of allylic oxidation sites excluding steroid dienone is 3. The number of furan rings is 1. The molecule has 1 aliphatic heterocycles. The summed E-state index contributed by atoms with van der Waals surface area (Å²) in [5.41, 5.74) is 9.72. The fourth-order valence-electron chi connectivity index (χ4n) is 5.97. The van der Waals surface area contributed by atoms with Gasteiger partial charge in [0.2, 0.25) is 0 Å². The Morgan fingerprint density at radius 1 is 0.970 bits per heavy atom. The first-order chi connectivity index (χ1) is 15.9. The molecule has 2 aromatic heterocycles. The van der Waals surface area contributed by atoms with E-state index >= 15 is 0 Å². The SMILES string of the molecule is Cc1ccc2c(oc3c(C4=[CH][Ge]([CH3])([CH3])[C]5=C4CCC5)c(C#N)ccc32)c1-c1cccc[n+]1C. The number of benzene rings is 2. The van der Waals surface area contributed by atoms with Gasteiger partial charge in [-0.15, -0.1) is 0 Å². The van der Waals surface area contributed by atoms with Crippen LogP contribution in [0.15, 0.2) is 68.0 Å². The fraction of sp³-hybridized carbons (Fsp3) is 0.241. The first-order valence-electron chi connectivity index (χ1n) is 11.7. The molecule has 0 fully saturated rings. The Labute approximate surface area is 197 Å². The van der Waals surface area contributed by atoms with Gasteiger partial charge < -0.3 is 0 Å². The molecule has 0 spiro atoms. The van der Waals surface area contributed by atoms with Gasteiger partial charge >= 0.3 is 197 Å². The van der Waals surface area contributed by atoms with Crippen molar-refractivity contribution in [3.63, 3.8) is 0 Å². The molecule has 0 saturated carbocycles. The van der Waals surface area contributed by atoms with E-state index < -0.39 is 13.3 Å². The molecule has 162 valence electrons. The molecule has 0 unspecified atom stereocenters. The van der Waals surface area contributed by atoms with Crippen LogP contribution in [0.1, 0.15) is 36.0 Å². The zero-order chi connectivity index (χ0) is 22.9. The molecule has 0 radical (unpaired) electrons. The molecule has 2 aliphatic rings. The summed E-state index contributed by atoms with van der Waals surface area (Å²) in [6.07, 6.45) is 5.67. The molecule has 0 bridgehead atoms. The van der Waals surface area contributed by atoms with Gasteiger partial charge in [0.15, 0.2) is 0 Å². The van der Waals surface area contributed by atoms with Gasteiger partial charge in [-0.1, -0.05) is 0 Å². The summed E-state index contributed by atoms with van der Waals surface area (Å²) < 4.78 is 10.6. The van der Waals surface area contributed by atoms with Crippen LogP contribution in [0.25, 0.3) is 38.8 Å². The van der Waals surface area contributed by atoms with E-state index in [1.807, 2.05) is 12.1 Å². The van der Waals surface area contributed by atoms with Gasteiger partial charge in [-0.25, -0.2) is 0 Å². The van der Waals surface area contributed by atoms with Gasteiger partial charge in [0.1, 0.15) is 0 Å². The molecule has 0 saturated heterocycles. The van der Waals surface area contributed by atoms with E-state index in [1.165, 1.54) is 29.6 Å². The molecule has 3 nitrogen and oxygen atoms in total. The van der Waals surface area contributed by atoms with Crippen molar-refractivity contribution >= 4 is 40.8 Å². The molecule has 1 aliphatic carbocycles. The van der Waals surface area contributed by atoms with Crippen LogP contribution in [0.3, 0.4) is 0 Å². The van der Waals surface area contributed by atoms with E-state index in [0.717, 1.165) is 50.7 Å². The summed E-state index contributed by atoms with van der Waals surface area (Å²) in [7, 11) is 2.07. The molecule has 0 N–H and O–H groups in total. The van der Waals surface area contributed by atoms with Crippen LogP contribution in [0.2, 0.25) is 11.5 Å². The Bertz CT molecular complexity index is 1590. The first kappa shape index (κ1) is 20.5. The number of nitrogens with zero attached hydrogens (tertiary/aromatic N) is 2. The monoisotopic (exact) mass is 493 g/mol. The second-order valence-electron chi connectivity index (χ2n) is 10.00. The van der Waals surface area contributed by atoms with Gasteiger partial charge in [-0.2, -0.15) is 0 Å². The minimum atomic E-state index is -2.16. The summed E-state index contributed by atoms with van der Waals surface area (Å²) >= 11 is -2.16. The molecule has 4 aromatic rings. The number of hydrogen-bond acceptors (Lipinski definition) is 2. The van der Waals surface area contributed by atoms with E-state index in [2.05, 4.69) is 77.6 Å². The normalized spacial score (nSPS) is 17.0. The van der Waals surface area contributed by atoms with E-state index in [0.29, 0.717) is 0 Å². The summed E-state index contributed by atoms with van der Waals surface area (Å²) in [4.78, 5) is 2.55. The number of pyridine rings is 1. The number of aromatic nitrogens is 1. The van der Waals surface area contributed by atoms with Crippen molar-refractivity contribution in [2.45, 2.75) is 37.7 Å². The molecular weight excluding hydrogens is 465 g/mol. The Balaban J connectivity index is 1.72. The standard InChI is InChI=1S/C29H27GeN2O/c1-18-11-13-21-22-14-12-19(17-31)27(23-16-30(2,3)24-9-7-8-20(23)24)29(22)33-28(21)26(18)25-10-5-6-15-32(25)4/h5-6,10-16H,7-9H2,1-4H3/q+1. The Morgan fingerprint density at radius 3 is 2.48 bits per heavy atom. The van der Waals surface area contributed by atoms with Crippen molar-refractivity contribution in [1.82, 2.24) is 0 Å². The van der Waals surface area contributed by atoms with E-state index in [1.54, 1.807) is 4.41 Å². The van der Waals surface area contributed by atoms with Crippen molar-refractivity contribution in [2.75, 3.05) is 0 Å². The second-order valence-corrected chi connectivity index (χ2v) is 19.1. The van der Waals surface area contributed by atoms with Crippen molar-refractivity contribution in [3.05, 3.63) is 80.2 Å². The number of rotatable bonds is 2. The molecule has 0 amide bonds. The number of nitriles is 1. The van der Waals surface area contributed by atoms with Crippen molar-refractivity contribution in [3.8, 4) is 17.3 Å². The van der Waals surface area contributed by atoms with E-state index in [9.17, 15) is 5.26 Å². The van der Waals surface area contributed by atoms with Gasteiger partial charge in [0.25, 0.3) is 0 Å². The molecule has 4 heteroatoms. The first-order valence-corrected chi connectivity index (χ1v) is 18.2. The molecule has 33 heavy (non-hydrogen) atoms. The third-order valence-corrected chi connectivity index (χ3v) is 14.1. The molecular formula is C29H27GeN2O+. The number of fused-ring (bicyclic) bond motifs is 3. The Kier molecular flexibility index (Phi) is 4.47. The maximum atomic E-state index is 10.1. The van der Waals surface area contributed by atoms with Crippen LogP contribution in [0.4, 0.5) is 0 Å². The summed E-state index contributed by atoms with van der Waals surface area (Å²) in [5.74, 6) is 4.96. The van der Waals surface area contributed by atoms with Gasteiger partial charge in [-0.05, 0) is 0 Å². The Morgan fingerprint density at radius 2 is 1.73 bits per heavy atom. The third kappa shape index (κ3) is 2.90. The minimum absolute atomic E-state index is 0.718. The molecule has 2 aromatic carbocycles. The molecule has 3 heterocycles. The average molecular weight is 492 g/mol. The predicted molar refractivity (Wildman–Crippen MR) is 136 cm³/mol. The van der Waals surface area contributed by atoms with Crippen molar-refractivity contribution in [1.29, 1.82) is 5.26 Å². The molecule has 0 atom stereocenters. The van der Waals surface area contributed by atoms with Crippen LogP contribution >= 0.6 is 0 Å². The van der Waals surface area contributed by atoms with Gasteiger partial charge in [-0.3, -0.25) is 0 Å². The van der Waals surface area contributed by atoms with Gasteiger partial charge in [0.05, 0.1) is 0 Å². The fourth-order valence-corrected chi connectivity index (χ4v) is 12.4. The van der Waals surface area contributed by atoms with Crippen LogP contribution < -0.4 is 4.57 Å². The number of hydrogen-bond donors (Lipinski definition) is 0. The predicted octanol–water partition coefficient (Wildman–Crippen LogP) is 6.92. The van der Waals surface area contributed by atoms with Crippen LogP contribution in [-0.2, 0) is 7.05 Å². The average Bonchev–Trinajstić information content (AvgIpc) is 3.48. The molecule has 6 rings (SSSR count). The zero-order valence-electron chi connectivity index (χ0n) is 19.6. The third-order valence-electron chi connectivity index (χ3n) is 7.54. The quantitative estimate of drug-likeness (QED) is 0.225. The second kappa shape index (κ2) is 7.20. The topological polar surface area (TPSA) is 40.8 Å². The van der Waals surface area contributed by atoms with E-state index in [4.69, 9.17) is 4.42 Å². The van der Waals surface area contributed by atoms with Gasteiger partial charge in [0, 0.05) is 0 Å². The summed E-state index contributed by atoms with van der Waals surface area (Å²) in [5, 5.41) is 12.3. The van der Waals surface area contributed by atoms with E-state index in [-0.39, 0.29) is 0 Å². The summed E-state index contributed by atoms with van der Waals surface area (Å²) in [6, 6.07) is 17.1. The Hall–Kier alpha value is -3.10. The maximum absolute atomic E-state index is 10.1.